The summed E-state index contributed by atoms with van der Waals surface area (Å²) in [5.74, 6) is -1.76. The van der Waals surface area contributed by atoms with Gasteiger partial charge in [-0.1, -0.05) is 0 Å². The summed E-state index contributed by atoms with van der Waals surface area (Å²) < 4.78 is 25.6. The molecule has 4 heteroatoms. The number of rotatable bonds is 0. The van der Waals surface area contributed by atoms with Crippen LogP contribution >= 0.6 is 0 Å². The number of aryl methyl sites for hydroxylation is 1. The van der Waals surface area contributed by atoms with Gasteiger partial charge in [0.05, 0.1) is 0 Å². The van der Waals surface area contributed by atoms with Gasteiger partial charge in [0.15, 0.2) is 11.6 Å². The molecule has 0 radical (unpaired) electrons. The Balaban J connectivity index is 2.93. The number of nitrogens with zero attached hydrogens (tertiary/aromatic N) is 1. The maximum atomic E-state index is 13.0. The molecule has 1 aromatic carbocycles. The van der Waals surface area contributed by atoms with E-state index in [1.807, 2.05) is 0 Å². The van der Waals surface area contributed by atoms with Crippen molar-refractivity contribution in [2.24, 2.45) is 0 Å². The van der Waals surface area contributed by atoms with Crippen LogP contribution < -0.4 is 0 Å². The lowest BCUT2D eigenvalue weighted by atomic mass is 10.2. The second-order valence-electron chi connectivity index (χ2n) is 2.61. The van der Waals surface area contributed by atoms with Crippen LogP contribution in [0.25, 0.3) is 10.9 Å². The van der Waals surface area contributed by atoms with E-state index in [4.69, 9.17) is 0 Å². The van der Waals surface area contributed by atoms with Gasteiger partial charge in [0.1, 0.15) is 5.52 Å². The van der Waals surface area contributed by atoms with Gasteiger partial charge in [-0.2, -0.15) is 5.10 Å². The quantitative estimate of drug-likeness (QED) is 0.641. The van der Waals surface area contributed by atoms with Gasteiger partial charge in [0, 0.05) is 11.1 Å². The summed E-state index contributed by atoms with van der Waals surface area (Å²) in [5, 5.41) is 6.85. The molecule has 0 bridgehead atoms. The topological polar surface area (TPSA) is 28.7 Å². The number of nitrogens with one attached hydrogen (secondary N) is 1. The fourth-order valence-electron chi connectivity index (χ4n) is 1.15. The first-order chi connectivity index (χ1) is 5.70. The standard InChI is InChI=1S/C8H6F2N2/c1-4-5-2-3-6(9)7(10)8(5)12-11-4/h2-3H,1H3,(H,11,12). The van der Waals surface area contributed by atoms with Crippen molar-refractivity contribution in [3.63, 3.8) is 0 Å². The van der Waals surface area contributed by atoms with Crippen molar-refractivity contribution in [1.29, 1.82) is 0 Å². The Morgan fingerprint density at radius 1 is 1.33 bits per heavy atom. The molecule has 62 valence electrons. The van der Waals surface area contributed by atoms with Crippen LogP contribution in [0.1, 0.15) is 5.69 Å². The summed E-state index contributed by atoms with van der Waals surface area (Å²) in [6.45, 7) is 1.76. The highest BCUT2D eigenvalue weighted by Gasteiger charge is 2.10. The van der Waals surface area contributed by atoms with Gasteiger partial charge < -0.3 is 0 Å². The molecule has 0 unspecified atom stereocenters. The first-order valence-corrected chi connectivity index (χ1v) is 3.49. The lowest BCUT2D eigenvalue weighted by molar-refractivity contribution is 0.515. The summed E-state index contributed by atoms with van der Waals surface area (Å²) >= 11 is 0. The number of benzene rings is 1. The van der Waals surface area contributed by atoms with E-state index in [2.05, 4.69) is 10.2 Å². The van der Waals surface area contributed by atoms with Gasteiger partial charge in [-0.25, -0.2) is 8.78 Å². The predicted molar refractivity (Wildman–Crippen MR) is 40.7 cm³/mol. The molecule has 0 atom stereocenters. The minimum absolute atomic E-state index is 0.0625. The lowest BCUT2D eigenvalue weighted by Gasteiger charge is -1.92. The molecule has 2 nitrogen and oxygen atoms in total. The van der Waals surface area contributed by atoms with Gasteiger partial charge >= 0.3 is 0 Å². The van der Waals surface area contributed by atoms with Crippen LogP contribution in [0.15, 0.2) is 12.1 Å². The van der Waals surface area contributed by atoms with Crippen LogP contribution in [0, 0.1) is 18.6 Å². The number of hydrogen-bond donors (Lipinski definition) is 1. The molecule has 0 saturated carbocycles. The SMILES string of the molecule is Cc1[nH]nc2c(F)c(F)ccc12. The largest absolute Gasteiger partial charge is 0.282 e. The molecule has 2 rings (SSSR count). The molecule has 1 heterocycles. The number of halogens is 2. The van der Waals surface area contributed by atoms with Crippen molar-refractivity contribution in [2.75, 3.05) is 0 Å². The van der Waals surface area contributed by atoms with Gasteiger partial charge in [-0.3, -0.25) is 5.10 Å². The van der Waals surface area contributed by atoms with Crippen LogP contribution in [0.4, 0.5) is 8.78 Å². The number of hydrogen-bond acceptors (Lipinski definition) is 1. The molecular weight excluding hydrogens is 162 g/mol. The van der Waals surface area contributed by atoms with Crippen molar-refractivity contribution >= 4 is 10.9 Å². The normalized spacial score (nSPS) is 10.9. The van der Waals surface area contributed by atoms with E-state index in [1.165, 1.54) is 6.07 Å². The average molecular weight is 168 g/mol. The Morgan fingerprint density at radius 2 is 2.08 bits per heavy atom. The van der Waals surface area contributed by atoms with E-state index < -0.39 is 11.6 Å². The van der Waals surface area contributed by atoms with Crippen molar-refractivity contribution in [2.45, 2.75) is 6.92 Å². The van der Waals surface area contributed by atoms with Gasteiger partial charge in [0.2, 0.25) is 0 Å². The third-order valence-electron chi connectivity index (χ3n) is 1.81. The molecule has 0 aliphatic rings. The van der Waals surface area contributed by atoms with E-state index in [-0.39, 0.29) is 5.52 Å². The lowest BCUT2D eigenvalue weighted by Crippen LogP contribution is -1.84. The minimum atomic E-state index is -0.892. The second kappa shape index (κ2) is 2.27. The molecular formula is C8H6F2N2. The predicted octanol–water partition coefficient (Wildman–Crippen LogP) is 2.15. The van der Waals surface area contributed by atoms with Gasteiger partial charge in [-0.15, -0.1) is 0 Å². The summed E-state index contributed by atoms with van der Waals surface area (Å²) in [7, 11) is 0. The molecule has 2 aromatic rings. The maximum absolute atomic E-state index is 13.0. The highest BCUT2D eigenvalue weighted by Crippen LogP contribution is 2.19. The molecule has 12 heavy (non-hydrogen) atoms. The van der Waals surface area contributed by atoms with Crippen LogP contribution in [0.3, 0.4) is 0 Å². The Hall–Kier alpha value is -1.45. The third kappa shape index (κ3) is 0.809. The van der Waals surface area contributed by atoms with Crippen LogP contribution in [-0.2, 0) is 0 Å². The van der Waals surface area contributed by atoms with Crippen LogP contribution in [0.2, 0.25) is 0 Å². The monoisotopic (exact) mass is 168 g/mol. The highest BCUT2D eigenvalue weighted by molar-refractivity contribution is 5.81. The zero-order valence-electron chi connectivity index (χ0n) is 6.36. The van der Waals surface area contributed by atoms with E-state index in [0.717, 1.165) is 11.8 Å². The summed E-state index contributed by atoms with van der Waals surface area (Å²) in [5.41, 5.74) is 0.802. The van der Waals surface area contributed by atoms with Gasteiger partial charge in [-0.05, 0) is 19.1 Å². The van der Waals surface area contributed by atoms with Crippen molar-refractivity contribution in [3.8, 4) is 0 Å². The van der Waals surface area contributed by atoms with Crippen LogP contribution in [0.5, 0.6) is 0 Å². The Labute approximate surface area is 67.2 Å². The number of aromatic amines is 1. The van der Waals surface area contributed by atoms with Crippen molar-refractivity contribution in [1.82, 2.24) is 10.2 Å². The number of fused-ring (bicyclic) bond motifs is 1. The van der Waals surface area contributed by atoms with Crippen molar-refractivity contribution in [3.05, 3.63) is 29.5 Å². The first-order valence-electron chi connectivity index (χ1n) is 3.49. The molecule has 1 N–H and O–H groups in total. The molecule has 0 amide bonds. The van der Waals surface area contributed by atoms with E-state index in [9.17, 15) is 8.78 Å². The van der Waals surface area contributed by atoms with Crippen molar-refractivity contribution < 1.29 is 8.78 Å². The van der Waals surface area contributed by atoms with E-state index in [0.29, 0.717) is 5.39 Å². The summed E-state index contributed by atoms with van der Waals surface area (Å²) in [4.78, 5) is 0. The highest BCUT2D eigenvalue weighted by atomic mass is 19.2. The van der Waals surface area contributed by atoms with E-state index >= 15 is 0 Å². The molecule has 0 saturated heterocycles. The smallest absolute Gasteiger partial charge is 0.186 e. The zero-order chi connectivity index (χ0) is 8.72. The molecule has 1 aromatic heterocycles. The average Bonchev–Trinajstić information content (AvgIpc) is 2.41. The molecule has 0 spiro atoms. The fourth-order valence-corrected chi connectivity index (χ4v) is 1.15. The second-order valence-corrected chi connectivity index (χ2v) is 2.61. The number of H-pyrrole nitrogens is 1. The Kier molecular flexibility index (Phi) is 1.36. The number of aromatic nitrogens is 2. The van der Waals surface area contributed by atoms with E-state index in [1.54, 1.807) is 6.92 Å². The fraction of sp³-hybridized carbons (Fsp3) is 0.125. The maximum Gasteiger partial charge on any atom is 0.186 e. The third-order valence-corrected chi connectivity index (χ3v) is 1.81. The molecule has 0 aliphatic heterocycles. The Bertz CT molecular complexity index is 434. The summed E-state index contributed by atoms with van der Waals surface area (Å²) in [6, 6.07) is 2.60. The Morgan fingerprint density at radius 3 is 2.83 bits per heavy atom. The molecule has 0 fully saturated rings. The van der Waals surface area contributed by atoms with Gasteiger partial charge in [0.25, 0.3) is 0 Å². The molecule has 0 aliphatic carbocycles. The minimum Gasteiger partial charge on any atom is -0.282 e. The van der Waals surface area contributed by atoms with Crippen LogP contribution in [-0.4, -0.2) is 10.2 Å². The summed E-state index contributed by atoms with van der Waals surface area (Å²) in [6.07, 6.45) is 0. The first kappa shape index (κ1) is 7.21. The zero-order valence-corrected chi connectivity index (χ0v) is 6.36.